The Kier molecular flexibility index (Phi) is 5.14. The monoisotopic (exact) mass is 255 g/mol. The lowest BCUT2D eigenvalue weighted by Crippen LogP contribution is -2.50. The summed E-state index contributed by atoms with van der Waals surface area (Å²) in [6, 6.07) is -0.478. The molecule has 0 aliphatic carbocycles. The largest absolute Gasteiger partial charge is 0.354 e. The Balaban J connectivity index is 2.41. The van der Waals surface area contributed by atoms with Gasteiger partial charge >= 0.3 is 0 Å². The number of rotatable bonds is 5. The molecule has 0 aromatic heterocycles. The van der Waals surface area contributed by atoms with E-state index in [9.17, 15) is 9.59 Å². The molecule has 1 aliphatic rings. The van der Waals surface area contributed by atoms with Gasteiger partial charge in [-0.15, -0.1) is 0 Å². The van der Waals surface area contributed by atoms with Crippen molar-refractivity contribution in [2.75, 3.05) is 19.6 Å². The van der Waals surface area contributed by atoms with Crippen LogP contribution in [0.3, 0.4) is 0 Å². The van der Waals surface area contributed by atoms with E-state index in [0.717, 1.165) is 13.0 Å². The van der Waals surface area contributed by atoms with E-state index in [1.165, 1.54) is 0 Å². The summed E-state index contributed by atoms with van der Waals surface area (Å²) in [6.07, 6.45) is 0.819. The second kappa shape index (κ2) is 6.18. The maximum atomic E-state index is 12.1. The summed E-state index contributed by atoms with van der Waals surface area (Å²) in [4.78, 5) is 23.8. The number of carbonyl (C=O) groups is 2. The summed E-state index contributed by atoms with van der Waals surface area (Å²) in [5.41, 5.74) is -0.382. The van der Waals surface area contributed by atoms with E-state index in [-0.39, 0.29) is 17.2 Å². The molecule has 5 heteroatoms. The second-order valence-electron chi connectivity index (χ2n) is 5.82. The topological polar surface area (TPSA) is 70.2 Å². The molecule has 2 unspecified atom stereocenters. The van der Waals surface area contributed by atoms with E-state index in [1.54, 1.807) is 6.92 Å². The van der Waals surface area contributed by atoms with Crippen molar-refractivity contribution < 1.29 is 9.59 Å². The molecule has 0 spiro atoms. The van der Waals surface area contributed by atoms with Gasteiger partial charge in [0.1, 0.15) is 6.04 Å². The van der Waals surface area contributed by atoms with E-state index < -0.39 is 6.04 Å². The third-order valence-electron chi connectivity index (χ3n) is 3.34. The molecule has 5 nitrogen and oxygen atoms in total. The summed E-state index contributed by atoms with van der Waals surface area (Å²) in [6.45, 7) is 9.90. The molecule has 0 aromatic rings. The minimum Gasteiger partial charge on any atom is -0.354 e. The lowest BCUT2D eigenvalue weighted by atomic mass is 9.88. The minimum absolute atomic E-state index is 0.0419. The Hall–Kier alpha value is -1.10. The Morgan fingerprint density at radius 1 is 1.33 bits per heavy atom. The van der Waals surface area contributed by atoms with Crippen LogP contribution in [0, 0.1) is 11.3 Å². The molecule has 1 aliphatic heterocycles. The molecule has 0 aromatic carbocycles. The Morgan fingerprint density at radius 2 is 2.00 bits per heavy atom. The lowest BCUT2D eigenvalue weighted by molar-refractivity contribution is -0.133. The van der Waals surface area contributed by atoms with Crippen LogP contribution in [0.25, 0.3) is 0 Å². The lowest BCUT2D eigenvalue weighted by Gasteiger charge is -2.24. The quantitative estimate of drug-likeness (QED) is 0.660. The molecule has 3 N–H and O–H groups in total. The van der Waals surface area contributed by atoms with E-state index in [0.29, 0.717) is 19.0 Å². The first kappa shape index (κ1) is 15.0. The molecule has 2 atom stereocenters. The van der Waals surface area contributed by atoms with Gasteiger partial charge in [0.25, 0.3) is 0 Å². The fourth-order valence-electron chi connectivity index (χ4n) is 1.90. The number of hydrogen-bond acceptors (Lipinski definition) is 3. The smallest absolute Gasteiger partial charge is 0.242 e. The Bertz CT molecular complexity index is 309. The minimum atomic E-state index is -0.478. The predicted molar refractivity (Wildman–Crippen MR) is 71.0 cm³/mol. The van der Waals surface area contributed by atoms with Gasteiger partial charge in [0, 0.05) is 13.1 Å². The van der Waals surface area contributed by atoms with Gasteiger partial charge in [-0.25, -0.2) is 0 Å². The third kappa shape index (κ3) is 3.98. The van der Waals surface area contributed by atoms with Crippen molar-refractivity contribution in [2.24, 2.45) is 11.3 Å². The SMILES string of the molecule is CC(C)CNC(=O)C(C)NC(=O)C1(C)CCNC1. The van der Waals surface area contributed by atoms with Crippen LogP contribution in [-0.2, 0) is 9.59 Å². The van der Waals surface area contributed by atoms with Crippen molar-refractivity contribution in [1.29, 1.82) is 0 Å². The molecule has 0 radical (unpaired) electrons. The molecule has 0 saturated carbocycles. The molecule has 1 saturated heterocycles. The number of amides is 2. The summed E-state index contributed by atoms with van der Waals surface area (Å²) in [5, 5.41) is 8.79. The van der Waals surface area contributed by atoms with Crippen molar-refractivity contribution in [3.63, 3.8) is 0 Å². The highest BCUT2D eigenvalue weighted by atomic mass is 16.2. The zero-order valence-corrected chi connectivity index (χ0v) is 11.8. The van der Waals surface area contributed by atoms with Crippen molar-refractivity contribution >= 4 is 11.8 Å². The van der Waals surface area contributed by atoms with Gasteiger partial charge < -0.3 is 16.0 Å². The average Bonchev–Trinajstić information content (AvgIpc) is 2.74. The zero-order valence-electron chi connectivity index (χ0n) is 11.8. The molecule has 104 valence electrons. The van der Waals surface area contributed by atoms with E-state index in [1.807, 2.05) is 20.8 Å². The van der Waals surface area contributed by atoms with Crippen LogP contribution < -0.4 is 16.0 Å². The Labute approximate surface area is 109 Å². The molecule has 18 heavy (non-hydrogen) atoms. The van der Waals surface area contributed by atoms with E-state index in [2.05, 4.69) is 16.0 Å². The van der Waals surface area contributed by atoms with Crippen LogP contribution >= 0.6 is 0 Å². The van der Waals surface area contributed by atoms with Gasteiger partial charge in [0.05, 0.1) is 5.41 Å². The second-order valence-corrected chi connectivity index (χ2v) is 5.82. The van der Waals surface area contributed by atoms with Gasteiger partial charge in [-0.2, -0.15) is 0 Å². The van der Waals surface area contributed by atoms with Crippen LogP contribution in [-0.4, -0.2) is 37.5 Å². The van der Waals surface area contributed by atoms with Crippen molar-refractivity contribution in [3.05, 3.63) is 0 Å². The van der Waals surface area contributed by atoms with Crippen molar-refractivity contribution in [3.8, 4) is 0 Å². The van der Waals surface area contributed by atoms with Crippen LogP contribution in [0.15, 0.2) is 0 Å². The maximum Gasteiger partial charge on any atom is 0.242 e. The molecular formula is C13H25N3O2. The molecule has 2 amide bonds. The van der Waals surface area contributed by atoms with Crippen LogP contribution in [0.1, 0.15) is 34.1 Å². The predicted octanol–water partition coefficient (Wildman–Crippen LogP) is 0.263. The van der Waals surface area contributed by atoms with E-state index in [4.69, 9.17) is 0 Å². The fraction of sp³-hybridized carbons (Fsp3) is 0.846. The normalized spacial score (nSPS) is 24.9. The van der Waals surface area contributed by atoms with Crippen molar-refractivity contribution in [2.45, 2.75) is 40.2 Å². The van der Waals surface area contributed by atoms with Crippen molar-refractivity contribution in [1.82, 2.24) is 16.0 Å². The highest BCUT2D eigenvalue weighted by Crippen LogP contribution is 2.24. The van der Waals surface area contributed by atoms with Gasteiger partial charge in [-0.05, 0) is 32.7 Å². The number of carbonyl (C=O) groups excluding carboxylic acids is 2. The first-order valence-corrected chi connectivity index (χ1v) is 6.64. The third-order valence-corrected chi connectivity index (χ3v) is 3.34. The summed E-state index contributed by atoms with van der Waals surface area (Å²) in [5.74, 6) is 0.250. The molecule has 0 bridgehead atoms. The maximum absolute atomic E-state index is 12.1. The number of nitrogens with one attached hydrogen (secondary N) is 3. The first-order valence-electron chi connectivity index (χ1n) is 6.64. The van der Waals surface area contributed by atoms with Crippen LogP contribution in [0.5, 0.6) is 0 Å². The standard InChI is InChI=1S/C13H25N3O2/c1-9(2)7-15-11(17)10(3)16-12(18)13(4)5-6-14-8-13/h9-10,14H,5-8H2,1-4H3,(H,15,17)(H,16,18). The molecular weight excluding hydrogens is 230 g/mol. The van der Waals surface area contributed by atoms with E-state index >= 15 is 0 Å². The molecule has 1 heterocycles. The first-order chi connectivity index (χ1) is 8.35. The van der Waals surface area contributed by atoms with Gasteiger partial charge in [-0.3, -0.25) is 9.59 Å². The number of hydrogen-bond donors (Lipinski definition) is 3. The Morgan fingerprint density at radius 3 is 2.50 bits per heavy atom. The van der Waals surface area contributed by atoms with Crippen LogP contribution in [0.2, 0.25) is 0 Å². The fourth-order valence-corrected chi connectivity index (χ4v) is 1.90. The average molecular weight is 255 g/mol. The summed E-state index contributed by atoms with van der Waals surface area (Å²) < 4.78 is 0. The van der Waals surface area contributed by atoms with Gasteiger partial charge in [0.15, 0.2) is 0 Å². The molecule has 1 rings (SSSR count). The van der Waals surface area contributed by atoms with Gasteiger partial charge in [0.2, 0.25) is 11.8 Å². The van der Waals surface area contributed by atoms with Gasteiger partial charge in [-0.1, -0.05) is 13.8 Å². The summed E-state index contributed by atoms with van der Waals surface area (Å²) >= 11 is 0. The summed E-state index contributed by atoms with van der Waals surface area (Å²) in [7, 11) is 0. The molecule has 1 fully saturated rings. The zero-order chi connectivity index (χ0) is 13.8. The highest BCUT2D eigenvalue weighted by molar-refractivity contribution is 5.89. The highest BCUT2D eigenvalue weighted by Gasteiger charge is 2.37. The van der Waals surface area contributed by atoms with Crippen LogP contribution in [0.4, 0.5) is 0 Å².